The summed E-state index contributed by atoms with van der Waals surface area (Å²) in [5.74, 6) is 0. The molecule has 1 aliphatic heterocycles. The Kier molecular flexibility index (Phi) is 5.39. The van der Waals surface area contributed by atoms with Gasteiger partial charge in [-0.3, -0.25) is 0 Å². The Morgan fingerprint density at radius 2 is 1.09 bits per heavy atom. The van der Waals surface area contributed by atoms with Gasteiger partial charge in [-0.2, -0.15) is 0 Å². The molecule has 0 saturated carbocycles. The van der Waals surface area contributed by atoms with Crippen LogP contribution < -0.4 is 0 Å². The zero-order valence-electron chi connectivity index (χ0n) is 15.2. The summed E-state index contributed by atoms with van der Waals surface area (Å²) in [4.78, 5) is 0. The Balaban J connectivity index is 2.30. The maximum atomic E-state index is 6.50. The lowest BCUT2D eigenvalue weighted by Crippen LogP contribution is -2.64. The molecule has 0 aromatic heterocycles. The topological polar surface area (TPSA) is 36.9 Å². The Hall–Kier alpha value is -0.332. The fourth-order valence-electron chi connectivity index (χ4n) is 3.12. The van der Waals surface area contributed by atoms with Crippen LogP contribution in [0.15, 0.2) is 36.0 Å². The average molecular weight is 385 g/mol. The van der Waals surface area contributed by atoms with E-state index in [1.54, 1.807) is 0 Å². The first-order chi connectivity index (χ1) is 10.4. The molecule has 2 rings (SSSR count). The molecule has 1 aromatic carbocycles. The van der Waals surface area contributed by atoms with Crippen molar-refractivity contribution >= 4 is 40.3 Å². The molecular formula is C15H28O4Si4. The summed E-state index contributed by atoms with van der Waals surface area (Å²) in [7, 11) is -9.34. The first-order valence-electron chi connectivity index (χ1n) is 7.95. The van der Waals surface area contributed by atoms with Gasteiger partial charge in [-0.15, -0.1) is 0 Å². The molecule has 0 N–H and O–H groups in total. The Bertz CT molecular complexity index is 550. The molecule has 128 valence electrons. The molecule has 0 amide bonds. The smallest absolute Gasteiger partial charge is 0.344 e. The molecule has 4 nitrogen and oxygen atoms in total. The maximum absolute atomic E-state index is 6.50. The van der Waals surface area contributed by atoms with Gasteiger partial charge in [-0.25, -0.2) is 0 Å². The van der Waals surface area contributed by atoms with Crippen LogP contribution in [0.1, 0.15) is 5.56 Å². The van der Waals surface area contributed by atoms with Crippen molar-refractivity contribution in [2.24, 2.45) is 0 Å². The van der Waals surface area contributed by atoms with Crippen molar-refractivity contribution < 1.29 is 16.5 Å². The Morgan fingerprint density at radius 1 is 0.652 bits per heavy atom. The van der Waals surface area contributed by atoms with Crippen LogP contribution in [0.4, 0.5) is 0 Å². The van der Waals surface area contributed by atoms with E-state index in [0.717, 1.165) is 5.56 Å². The summed E-state index contributed by atoms with van der Waals surface area (Å²) in [6.45, 7) is 14.6. The van der Waals surface area contributed by atoms with Gasteiger partial charge in [0, 0.05) is 0 Å². The van der Waals surface area contributed by atoms with E-state index in [0.29, 0.717) is 0 Å². The van der Waals surface area contributed by atoms with Crippen molar-refractivity contribution in [2.45, 2.75) is 45.8 Å². The zero-order valence-corrected chi connectivity index (χ0v) is 19.2. The largest absolute Gasteiger partial charge is 0.416 e. The first kappa shape index (κ1) is 19.0. The van der Waals surface area contributed by atoms with Gasteiger partial charge in [0.15, 0.2) is 0 Å². The summed E-state index contributed by atoms with van der Waals surface area (Å²) in [5, 5.41) is 0. The average Bonchev–Trinajstić information content (AvgIpc) is 2.31. The lowest BCUT2D eigenvalue weighted by atomic mass is 10.2. The summed E-state index contributed by atoms with van der Waals surface area (Å²) in [5.41, 5.74) is 3.25. The van der Waals surface area contributed by atoms with Gasteiger partial charge in [0.25, 0.3) is 0 Å². The molecule has 1 heterocycles. The van der Waals surface area contributed by atoms with E-state index in [-0.39, 0.29) is 0 Å². The van der Waals surface area contributed by atoms with E-state index in [1.165, 1.54) is 0 Å². The second-order valence-corrected chi connectivity index (χ2v) is 21.4. The number of hydrogen-bond donors (Lipinski definition) is 0. The lowest BCUT2D eigenvalue weighted by Gasteiger charge is -2.46. The number of rotatable bonds is 2. The van der Waals surface area contributed by atoms with Crippen LogP contribution in [0.2, 0.25) is 45.8 Å². The first-order valence-corrected chi connectivity index (χ1v) is 18.8. The summed E-state index contributed by atoms with van der Waals surface area (Å²) < 4.78 is 25.7. The number of hydrogen-bond acceptors (Lipinski definition) is 4. The highest BCUT2D eigenvalue weighted by molar-refractivity contribution is 6.94. The third-order valence-corrected chi connectivity index (χ3v) is 19.1. The van der Waals surface area contributed by atoms with E-state index in [2.05, 4.69) is 69.7 Å². The van der Waals surface area contributed by atoms with Crippen molar-refractivity contribution in [1.29, 1.82) is 0 Å². The molecule has 0 atom stereocenters. The van der Waals surface area contributed by atoms with Gasteiger partial charge >= 0.3 is 34.2 Å². The van der Waals surface area contributed by atoms with Crippen LogP contribution >= 0.6 is 0 Å². The van der Waals surface area contributed by atoms with Crippen molar-refractivity contribution in [3.63, 3.8) is 0 Å². The molecule has 1 aliphatic rings. The monoisotopic (exact) mass is 384 g/mol. The lowest BCUT2D eigenvalue weighted by molar-refractivity contribution is 0.241. The van der Waals surface area contributed by atoms with Gasteiger partial charge in [0.1, 0.15) is 0 Å². The summed E-state index contributed by atoms with van der Waals surface area (Å²) >= 11 is 0. The molecule has 0 spiro atoms. The van der Waals surface area contributed by atoms with E-state index < -0.39 is 34.2 Å². The van der Waals surface area contributed by atoms with Crippen molar-refractivity contribution in [2.75, 3.05) is 0 Å². The highest BCUT2D eigenvalue weighted by Crippen LogP contribution is 2.31. The van der Waals surface area contributed by atoms with Crippen LogP contribution in [0.3, 0.4) is 0 Å². The molecule has 23 heavy (non-hydrogen) atoms. The van der Waals surface area contributed by atoms with E-state index in [9.17, 15) is 0 Å². The van der Waals surface area contributed by atoms with Gasteiger partial charge < -0.3 is 16.5 Å². The summed E-state index contributed by atoms with van der Waals surface area (Å²) in [6.07, 6.45) is 2.09. The van der Waals surface area contributed by atoms with E-state index >= 15 is 0 Å². The predicted octanol–water partition coefficient (Wildman–Crippen LogP) is 4.50. The number of benzene rings is 1. The van der Waals surface area contributed by atoms with Gasteiger partial charge in [-0.1, -0.05) is 36.4 Å². The molecule has 1 saturated heterocycles. The molecule has 1 aromatic rings. The second-order valence-electron chi connectivity index (χ2n) is 7.37. The minimum atomic E-state index is -2.52. The van der Waals surface area contributed by atoms with E-state index in [4.69, 9.17) is 16.5 Å². The summed E-state index contributed by atoms with van der Waals surface area (Å²) in [6, 6.07) is 10.2. The van der Waals surface area contributed by atoms with Gasteiger partial charge in [-0.05, 0) is 57.1 Å². The second kappa shape index (κ2) is 6.52. The molecule has 0 radical (unpaired) electrons. The molecule has 0 aliphatic carbocycles. The normalized spacial score (nSPS) is 25.7. The minimum absolute atomic E-state index is 1.14. The molecular weight excluding hydrogens is 357 g/mol. The maximum Gasteiger partial charge on any atom is 0.344 e. The quantitative estimate of drug-likeness (QED) is 0.704. The van der Waals surface area contributed by atoms with Crippen molar-refractivity contribution in [3.8, 4) is 0 Å². The molecule has 0 unspecified atom stereocenters. The van der Waals surface area contributed by atoms with Crippen LogP contribution in [-0.4, -0.2) is 34.2 Å². The highest BCUT2D eigenvalue weighted by Gasteiger charge is 2.51. The van der Waals surface area contributed by atoms with E-state index in [1.807, 2.05) is 18.2 Å². The highest BCUT2D eigenvalue weighted by atomic mass is 28.5. The van der Waals surface area contributed by atoms with Crippen LogP contribution in [-0.2, 0) is 16.5 Å². The molecule has 0 bridgehead atoms. The van der Waals surface area contributed by atoms with Crippen LogP contribution in [0, 0.1) is 0 Å². The van der Waals surface area contributed by atoms with Crippen molar-refractivity contribution in [1.82, 2.24) is 0 Å². The standard InChI is InChI=1S/C15H28O4Si4/c1-20(2)16-21(3,4)18-23(7,19-22(5,6)17-20)14-13-15-11-9-8-10-12-15/h8-14H,1-7H3. The van der Waals surface area contributed by atoms with Crippen LogP contribution in [0.25, 0.3) is 6.08 Å². The Labute approximate surface area is 144 Å². The third kappa shape index (κ3) is 5.91. The fraction of sp³-hybridized carbons (Fsp3) is 0.467. The Morgan fingerprint density at radius 3 is 1.57 bits per heavy atom. The van der Waals surface area contributed by atoms with Crippen LogP contribution in [0.5, 0.6) is 0 Å². The molecule has 8 heteroatoms. The predicted molar refractivity (Wildman–Crippen MR) is 104 cm³/mol. The van der Waals surface area contributed by atoms with Gasteiger partial charge in [0.2, 0.25) is 0 Å². The zero-order chi connectivity index (χ0) is 17.4. The van der Waals surface area contributed by atoms with Crippen molar-refractivity contribution in [3.05, 3.63) is 41.6 Å². The van der Waals surface area contributed by atoms with Gasteiger partial charge in [0.05, 0.1) is 0 Å². The minimum Gasteiger partial charge on any atom is -0.416 e. The fourth-order valence-corrected chi connectivity index (χ4v) is 23.6. The molecule has 1 fully saturated rings. The third-order valence-electron chi connectivity index (χ3n) is 3.26. The SMILES string of the molecule is C[Si]1(C)O[Si](C)(C)O[Si](C)(C=Cc2ccccc2)O[Si](C)(C)O1.